The number of thiophene rings is 1. The zero-order valence-corrected chi connectivity index (χ0v) is 15.1. The van der Waals surface area contributed by atoms with Crippen LogP contribution >= 0.6 is 11.3 Å². The predicted octanol–water partition coefficient (Wildman–Crippen LogP) is 2.18. The smallest absolute Gasteiger partial charge is 0.267 e. The third-order valence-electron chi connectivity index (χ3n) is 4.65. The minimum atomic E-state index is 0.0467. The lowest BCUT2D eigenvalue weighted by Crippen LogP contribution is -2.48. The number of pyridine rings is 1. The molecule has 2 aliphatic heterocycles. The summed E-state index contributed by atoms with van der Waals surface area (Å²) in [4.78, 5) is 22.2. The van der Waals surface area contributed by atoms with Gasteiger partial charge in [-0.05, 0) is 18.6 Å². The Kier molecular flexibility index (Phi) is 4.59. The Morgan fingerprint density at radius 3 is 2.84 bits per heavy atom. The zero-order valence-electron chi connectivity index (χ0n) is 14.2. The average Bonchev–Trinajstić information content (AvgIpc) is 3.08. The van der Waals surface area contributed by atoms with Gasteiger partial charge in [-0.2, -0.15) is 0 Å². The van der Waals surface area contributed by atoms with Crippen molar-refractivity contribution >= 4 is 17.2 Å². The lowest BCUT2D eigenvalue weighted by molar-refractivity contribution is 0.0624. The van der Waals surface area contributed by atoms with Crippen molar-refractivity contribution < 1.29 is 14.3 Å². The van der Waals surface area contributed by atoms with E-state index in [4.69, 9.17) is 9.47 Å². The number of aromatic nitrogens is 1. The van der Waals surface area contributed by atoms with Gasteiger partial charge in [0.25, 0.3) is 5.91 Å². The number of aryl methyl sites for hydroxylation is 1. The molecule has 0 aromatic carbocycles. The van der Waals surface area contributed by atoms with Crippen molar-refractivity contribution in [2.45, 2.75) is 13.5 Å². The first-order valence-electron chi connectivity index (χ1n) is 8.51. The molecule has 1 amide bonds. The second kappa shape index (κ2) is 7.01. The van der Waals surface area contributed by atoms with Crippen molar-refractivity contribution in [2.24, 2.45) is 0 Å². The first-order valence-corrected chi connectivity index (χ1v) is 9.39. The van der Waals surface area contributed by atoms with Crippen molar-refractivity contribution in [1.82, 2.24) is 14.8 Å². The van der Waals surface area contributed by atoms with E-state index in [0.29, 0.717) is 29.6 Å². The van der Waals surface area contributed by atoms with Gasteiger partial charge in [0.1, 0.15) is 18.1 Å². The van der Waals surface area contributed by atoms with Crippen molar-refractivity contribution in [3.63, 3.8) is 0 Å². The van der Waals surface area contributed by atoms with Gasteiger partial charge < -0.3 is 14.4 Å². The Bertz CT molecular complexity index is 769. The summed E-state index contributed by atoms with van der Waals surface area (Å²) in [6.07, 6.45) is 1.84. The van der Waals surface area contributed by atoms with Crippen LogP contribution in [0.4, 0.5) is 0 Å². The molecule has 2 aromatic rings. The van der Waals surface area contributed by atoms with Gasteiger partial charge in [0.2, 0.25) is 0 Å². The van der Waals surface area contributed by atoms with Crippen LogP contribution < -0.4 is 9.47 Å². The maximum Gasteiger partial charge on any atom is 0.267 e. The number of carbonyl (C=O) groups is 1. The van der Waals surface area contributed by atoms with Gasteiger partial charge in [-0.25, -0.2) is 0 Å². The monoisotopic (exact) mass is 359 g/mol. The molecule has 2 aromatic heterocycles. The first kappa shape index (κ1) is 16.4. The molecular formula is C18H21N3O3S. The molecule has 0 saturated carbocycles. The van der Waals surface area contributed by atoms with Gasteiger partial charge in [-0.15, -0.1) is 11.3 Å². The summed E-state index contributed by atoms with van der Waals surface area (Å²) >= 11 is 1.41. The zero-order chi connectivity index (χ0) is 17.2. The maximum absolute atomic E-state index is 12.8. The van der Waals surface area contributed by atoms with E-state index in [9.17, 15) is 4.79 Å². The number of hydrogen-bond donors (Lipinski definition) is 0. The molecule has 0 atom stereocenters. The molecule has 1 saturated heterocycles. The molecule has 0 unspecified atom stereocenters. The number of rotatable bonds is 3. The molecule has 1 fully saturated rings. The third kappa shape index (κ3) is 3.34. The Hall–Kier alpha value is -2.12. The molecule has 0 radical (unpaired) electrons. The molecule has 4 heterocycles. The minimum absolute atomic E-state index is 0.0467. The predicted molar refractivity (Wildman–Crippen MR) is 95.5 cm³/mol. The van der Waals surface area contributed by atoms with Crippen LogP contribution in [0.5, 0.6) is 11.5 Å². The Morgan fingerprint density at radius 2 is 2.04 bits per heavy atom. The van der Waals surface area contributed by atoms with Crippen LogP contribution in [-0.2, 0) is 6.54 Å². The van der Waals surface area contributed by atoms with Crippen LogP contribution in [0, 0.1) is 6.92 Å². The highest BCUT2D eigenvalue weighted by atomic mass is 32.1. The third-order valence-corrected chi connectivity index (χ3v) is 5.57. The fourth-order valence-electron chi connectivity index (χ4n) is 3.16. The average molecular weight is 359 g/mol. The Labute approximate surface area is 151 Å². The largest absolute Gasteiger partial charge is 0.485 e. The SMILES string of the molecule is Cc1cccnc1CN1CCN(C(=O)c2scc3c2OCCO3)CC1. The van der Waals surface area contributed by atoms with Crippen LogP contribution in [0.1, 0.15) is 20.9 Å². The van der Waals surface area contributed by atoms with Gasteiger partial charge in [0.15, 0.2) is 11.5 Å². The van der Waals surface area contributed by atoms with Crippen LogP contribution in [0.15, 0.2) is 23.7 Å². The molecule has 0 N–H and O–H groups in total. The molecule has 6 nitrogen and oxygen atoms in total. The quantitative estimate of drug-likeness (QED) is 0.841. The Balaban J connectivity index is 1.38. The number of nitrogens with zero attached hydrogens (tertiary/aromatic N) is 3. The van der Waals surface area contributed by atoms with E-state index in [1.807, 2.05) is 22.5 Å². The maximum atomic E-state index is 12.8. The highest BCUT2D eigenvalue weighted by Crippen LogP contribution is 2.40. The van der Waals surface area contributed by atoms with Gasteiger partial charge in [-0.3, -0.25) is 14.7 Å². The van der Waals surface area contributed by atoms with E-state index < -0.39 is 0 Å². The van der Waals surface area contributed by atoms with E-state index in [2.05, 4.69) is 22.9 Å². The summed E-state index contributed by atoms with van der Waals surface area (Å²) in [6.45, 7) is 7.12. The number of piperazine rings is 1. The fraction of sp³-hybridized carbons (Fsp3) is 0.444. The van der Waals surface area contributed by atoms with Crippen LogP contribution in [0.3, 0.4) is 0 Å². The van der Waals surface area contributed by atoms with Crippen LogP contribution in [-0.4, -0.2) is 60.1 Å². The van der Waals surface area contributed by atoms with E-state index in [1.165, 1.54) is 16.9 Å². The number of hydrogen-bond acceptors (Lipinski definition) is 6. The highest BCUT2D eigenvalue weighted by molar-refractivity contribution is 7.12. The van der Waals surface area contributed by atoms with Gasteiger partial charge in [0, 0.05) is 44.3 Å². The molecule has 2 aliphatic rings. The standard InChI is InChI=1S/C18H21N3O3S/c1-13-3-2-4-19-14(13)11-20-5-7-21(8-6-20)18(22)17-16-15(12-25-17)23-9-10-24-16/h2-4,12H,5-11H2,1H3. The molecule has 0 bridgehead atoms. The molecule has 25 heavy (non-hydrogen) atoms. The molecule has 4 rings (SSSR count). The van der Waals surface area contributed by atoms with Crippen molar-refractivity contribution in [3.05, 3.63) is 39.8 Å². The minimum Gasteiger partial charge on any atom is -0.485 e. The van der Waals surface area contributed by atoms with Gasteiger partial charge in [0.05, 0.1) is 5.69 Å². The number of fused-ring (bicyclic) bond motifs is 1. The number of ether oxygens (including phenoxy) is 2. The lowest BCUT2D eigenvalue weighted by atomic mass is 10.2. The lowest BCUT2D eigenvalue weighted by Gasteiger charge is -2.34. The molecule has 7 heteroatoms. The van der Waals surface area contributed by atoms with E-state index >= 15 is 0 Å². The summed E-state index contributed by atoms with van der Waals surface area (Å²) in [7, 11) is 0. The second-order valence-corrected chi connectivity index (χ2v) is 7.17. The molecular weight excluding hydrogens is 338 g/mol. The van der Waals surface area contributed by atoms with Crippen molar-refractivity contribution in [2.75, 3.05) is 39.4 Å². The van der Waals surface area contributed by atoms with E-state index in [1.54, 1.807) is 0 Å². The van der Waals surface area contributed by atoms with E-state index in [0.717, 1.165) is 38.4 Å². The molecule has 0 spiro atoms. The van der Waals surface area contributed by atoms with E-state index in [-0.39, 0.29) is 5.91 Å². The normalized spacial score (nSPS) is 17.6. The number of carbonyl (C=O) groups excluding carboxylic acids is 1. The first-order chi connectivity index (χ1) is 12.2. The second-order valence-electron chi connectivity index (χ2n) is 6.29. The Morgan fingerprint density at radius 1 is 1.24 bits per heavy atom. The highest BCUT2D eigenvalue weighted by Gasteiger charge is 2.29. The van der Waals surface area contributed by atoms with Gasteiger partial charge in [-0.1, -0.05) is 6.07 Å². The summed E-state index contributed by atoms with van der Waals surface area (Å²) in [5.74, 6) is 1.36. The molecule has 132 valence electrons. The fourth-order valence-corrected chi connectivity index (χ4v) is 4.06. The summed E-state index contributed by atoms with van der Waals surface area (Å²) in [5.41, 5.74) is 2.32. The van der Waals surface area contributed by atoms with Crippen molar-refractivity contribution in [1.29, 1.82) is 0 Å². The van der Waals surface area contributed by atoms with Gasteiger partial charge >= 0.3 is 0 Å². The van der Waals surface area contributed by atoms with Crippen molar-refractivity contribution in [3.8, 4) is 11.5 Å². The summed E-state index contributed by atoms with van der Waals surface area (Å²) in [6, 6.07) is 4.05. The summed E-state index contributed by atoms with van der Waals surface area (Å²) in [5, 5.41) is 1.86. The van der Waals surface area contributed by atoms with Crippen LogP contribution in [0.2, 0.25) is 0 Å². The topological polar surface area (TPSA) is 54.9 Å². The number of amides is 1. The summed E-state index contributed by atoms with van der Waals surface area (Å²) < 4.78 is 11.2. The van der Waals surface area contributed by atoms with Crippen LogP contribution in [0.25, 0.3) is 0 Å². The molecule has 0 aliphatic carbocycles.